The fraction of sp³-hybridized carbons (Fsp3) is 0.130. The number of nitro groups is 1. The summed E-state index contributed by atoms with van der Waals surface area (Å²) in [7, 11) is 1.48. The van der Waals surface area contributed by atoms with E-state index in [-0.39, 0.29) is 11.3 Å². The number of aromatic nitrogens is 1. The van der Waals surface area contributed by atoms with Crippen LogP contribution in [-0.2, 0) is 4.79 Å². The molecule has 0 bridgehead atoms. The average Bonchev–Trinajstić information content (AvgIpc) is 3.04. The Kier molecular flexibility index (Phi) is 6.61. The highest BCUT2D eigenvalue weighted by atomic mass is 35.5. The minimum atomic E-state index is -0.576. The number of halogens is 1. The van der Waals surface area contributed by atoms with Gasteiger partial charge in [0.05, 0.1) is 17.7 Å². The molecular weight excluding hydrogens is 432 g/mol. The number of ether oxygens (including phenoxy) is 1. The number of carbonyl (C=O) groups excluding carboxylic acids is 1. The summed E-state index contributed by atoms with van der Waals surface area (Å²) in [5.74, 6) is -0.125. The number of nitriles is 1. The van der Waals surface area contributed by atoms with Crippen molar-refractivity contribution in [1.82, 2.24) is 4.57 Å². The van der Waals surface area contributed by atoms with Gasteiger partial charge in [-0.2, -0.15) is 5.26 Å². The van der Waals surface area contributed by atoms with Gasteiger partial charge in [-0.1, -0.05) is 17.7 Å². The molecule has 0 radical (unpaired) electrons. The highest BCUT2D eigenvalue weighted by Crippen LogP contribution is 2.32. The number of hydrogen-bond acceptors (Lipinski definition) is 5. The normalized spacial score (nSPS) is 11.0. The number of hydrogen-bond donors (Lipinski definition) is 1. The third kappa shape index (κ3) is 4.63. The van der Waals surface area contributed by atoms with Crippen LogP contribution in [0.5, 0.6) is 5.75 Å². The molecule has 0 fully saturated rings. The minimum Gasteiger partial charge on any atom is -0.495 e. The zero-order valence-corrected chi connectivity index (χ0v) is 18.3. The molecule has 2 aromatic carbocycles. The summed E-state index contributed by atoms with van der Waals surface area (Å²) in [6.45, 7) is 3.61. The van der Waals surface area contributed by atoms with E-state index in [4.69, 9.17) is 16.3 Å². The molecule has 1 amide bonds. The van der Waals surface area contributed by atoms with E-state index in [1.807, 2.05) is 13.0 Å². The second-order valence-corrected chi connectivity index (χ2v) is 7.35. The molecule has 8 nitrogen and oxygen atoms in total. The average molecular weight is 451 g/mol. The van der Waals surface area contributed by atoms with E-state index >= 15 is 0 Å². The summed E-state index contributed by atoms with van der Waals surface area (Å²) in [5.41, 5.74) is 2.83. The number of rotatable bonds is 6. The van der Waals surface area contributed by atoms with Crippen molar-refractivity contribution in [3.05, 3.63) is 86.2 Å². The second-order valence-electron chi connectivity index (χ2n) is 6.91. The van der Waals surface area contributed by atoms with E-state index in [2.05, 4.69) is 5.32 Å². The molecule has 0 aliphatic rings. The molecule has 162 valence electrons. The van der Waals surface area contributed by atoms with Crippen LogP contribution in [0.4, 0.5) is 11.4 Å². The van der Waals surface area contributed by atoms with Crippen LogP contribution in [0.3, 0.4) is 0 Å². The van der Waals surface area contributed by atoms with E-state index < -0.39 is 10.8 Å². The molecule has 1 heterocycles. The molecule has 0 aliphatic heterocycles. The van der Waals surface area contributed by atoms with Crippen molar-refractivity contribution < 1.29 is 14.5 Å². The van der Waals surface area contributed by atoms with Gasteiger partial charge in [-0.3, -0.25) is 14.9 Å². The molecule has 0 saturated carbocycles. The SMILES string of the molecule is COc1ccc([N+](=O)[O-])cc1-n1c(C)cc(C=C(C#N)C(=O)Nc2cccc(Cl)c2)c1C. The summed E-state index contributed by atoms with van der Waals surface area (Å²) < 4.78 is 7.16. The minimum absolute atomic E-state index is 0.0796. The van der Waals surface area contributed by atoms with Crippen molar-refractivity contribution in [2.45, 2.75) is 13.8 Å². The molecule has 32 heavy (non-hydrogen) atoms. The van der Waals surface area contributed by atoms with Gasteiger partial charge in [-0.05, 0) is 55.8 Å². The Morgan fingerprint density at radius 2 is 2.00 bits per heavy atom. The largest absolute Gasteiger partial charge is 0.495 e. The molecule has 3 aromatic rings. The third-order valence-corrected chi connectivity index (χ3v) is 5.07. The maximum Gasteiger partial charge on any atom is 0.271 e. The maximum atomic E-state index is 12.6. The molecule has 0 spiro atoms. The molecule has 3 rings (SSSR count). The number of non-ortho nitro benzene ring substituents is 1. The van der Waals surface area contributed by atoms with Crippen LogP contribution in [0.15, 0.2) is 54.1 Å². The summed E-state index contributed by atoms with van der Waals surface area (Å²) in [6, 6.07) is 14.6. The van der Waals surface area contributed by atoms with E-state index in [9.17, 15) is 20.2 Å². The molecule has 9 heteroatoms. The number of amides is 1. The lowest BCUT2D eigenvalue weighted by atomic mass is 10.1. The number of methoxy groups -OCH3 is 1. The fourth-order valence-corrected chi connectivity index (χ4v) is 3.53. The Bertz CT molecular complexity index is 1290. The zero-order valence-electron chi connectivity index (χ0n) is 17.5. The number of nitro benzene ring substituents is 1. The van der Waals surface area contributed by atoms with Gasteiger partial charge in [-0.15, -0.1) is 0 Å². The Morgan fingerprint density at radius 1 is 1.25 bits per heavy atom. The second kappa shape index (κ2) is 9.37. The van der Waals surface area contributed by atoms with Crippen molar-refractivity contribution in [2.24, 2.45) is 0 Å². The van der Waals surface area contributed by atoms with Gasteiger partial charge in [0, 0.05) is 34.2 Å². The van der Waals surface area contributed by atoms with Crippen LogP contribution < -0.4 is 10.1 Å². The first-order valence-corrected chi connectivity index (χ1v) is 9.83. The van der Waals surface area contributed by atoms with Crippen LogP contribution in [0, 0.1) is 35.3 Å². The number of aryl methyl sites for hydroxylation is 1. The summed E-state index contributed by atoms with van der Waals surface area (Å²) in [5, 5.41) is 23.9. The van der Waals surface area contributed by atoms with Gasteiger partial charge in [0.2, 0.25) is 0 Å². The molecular formula is C23H19ClN4O4. The highest BCUT2D eigenvalue weighted by molar-refractivity contribution is 6.31. The van der Waals surface area contributed by atoms with Crippen LogP contribution in [-0.4, -0.2) is 22.5 Å². The number of benzene rings is 2. The molecule has 0 aliphatic carbocycles. The van der Waals surface area contributed by atoms with E-state index in [1.165, 1.54) is 31.4 Å². The van der Waals surface area contributed by atoms with Crippen molar-refractivity contribution in [3.63, 3.8) is 0 Å². The van der Waals surface area contributed by atoms with Gasteiger partial charge >= 0.3 is 0 Å². The number of nitrogens with one attached hydrogen (secondary N) is 1. The third-order valence-electron chi connectivity index (χ3n) is 4.83. The van der Waals surface area contributed by atoms with Crippen molar-refractivity contribution in [1.29, 1.82) is 5.26 Å². The van der Waals surface area contributed by atoms with Gasteiger partial charge in [0.1, 0.15) is 17.4 Å². The summed E-state index contributed by atoms with van der Waals surface area (Å²) >= 11 is 5.94. The lowest BCUT2D eigenvalue weighted by Crippen LogP contribution is -2.13. The zero-order chi connectivity index (χ0) is 23.4. The van der Waals surface area contributed by atoms with E-state index in [0.717, 1.165) is 5.69 Å². The van der Waals surface area contributed by atoms with Gasteiger partial charge in [0.15, 0.2) is 0 Å². The molecule has 0 atom stereocenters. The first kappa shape index (κ1) is 22.6. The van der Waals surface area contributed by atoms with Crippen LogP contribution in [0.2, 0.25) is 5.02 Å². The van der Waals surface area contributed by atoms with Crippen LogP contribution in [0.25, 0.3) is 11.8 Å². The lowest BCUT2D eigenvalue weighted by molar-refractivity contribution is -0.384. The Labute approximate surface area is 189 Å². The Hall–Kier alpha value is -4.09. The van der Waals surface area contributed by atoms with Gasteiger partial charge in [-0.25, -0.2) is 0 Å². The predicted octanol–water partition coefficient (Wildman–Crippen LogP) is 5.21. The van der Waals surface area contributed by atoms with Gasteiger partial charge in [0.25, 0.3) is 11.6 Å². The first-order valence-electron chi connectivity index (χ1n) is 9.45. The summed E-state index contributed by atoms with van der Waals surface area (Å²) in [6.07, 6.45) is 1.47. The molecule has 1 N–H and O–H groups in total. The quantitative estimate of drug-likeness (QED) is 0.240. The molecule has 1 aromatic heterocycles. The molecule has 0 unspecified atom stereocenters. The van der Waals surface area contributed by atoms with Crippen molar-refractivity contribution in [2.75, 3.05) is 12.4 Å². The van der Waals surface area contributed by atoms with E-state index in [0.29, 0.717) is 33.4 Å². The monoisotopic (exact) mass is 450 g/mol. The van der Waals surface area contributed by atoms with Crippen molar-refractivity contribution in [3.8, 4) is 17.5 Å². The Balaban J connectivity index is 2.02. The van der Waals surface area contributed by atoms with Gasteiger partial charge < -0.3 is 14.6 Å². The van der Waals surface area contributed by atoms with Crippen molar-refractivity contribution >= 4 is 35.0 Å². The Morgan fingerprint density at radius 3 is 2.62 bits per heavy atom. The fourth-order valence-electron chi connectivity index (χ4n) is 3.34. The first-order chi connectivity index (χ1) is 15.2. The van der Waals surface area contributed by atoms with Crippen LogP contribution in [0.1, 0.15) is 17.0 Å². The molecule has 0 saturated heterocycles. The predicted molar refractivity (Wildman–Crippen MR) is 122 cm³/mol. The highest BCUT2D eigenvalue weighted by Gasteiger charge is 2.18. The standard InChI is InChI=1S/C23H19ClN4O4/c1-14-9-16(10-17(13-25)23(29)26-19-6-4-5-18(24)11-19)15(2)27(14)21-12-20(28(30)31)7-8-22(21)32-3/h4-12H,1-3H3,(H,26,29). The summed E-state index contributed by atoms with van der Waals surface area (Å²) in [4.78, 5) is 23.4. The topological polar surface area (TPSA) is 110 Å². The maximum absolute atomic E-state index is 12.6. The lowest BCUT2D eigenvalue weighted by Gasteiger charge is -2.14. The number of carbonyl (C=O) groups is 1. The number of nitrogens with zero attached hydrogens (tertiary/aromatic N) is 3. The van der Waals surface area contributed by atoms with E-state index in [1.54, 1.807) is 41.8 Å². The number of anilines is 1. The smallest absolute Gasteiger partial charge is 0.271 e. The van der Waals surface area contributed by atoms with Crippen LogP contribution >= 0.6 is 11.6 Å².